The minimum Gasteiger partial charge on any atom is -0.497 e. The fraction of sp³-hybridized carbons (Fsp3) is 0.417. The summed E-state index contributed by atoms with van der Waals surface area (Å²) >= 11 is 0. The van der Waals surface area contributed by atoms with Crippen LogP contribution in [0.25, 0.3) is 0 Å². The van der Waals surface area contributed by atoms with Crippen molar-refractivity contribution in [1.82, 2.24) is 5.32 Å². The minimum atomic E-state index is -0.250. The van der Waals surface area contributed by atoms with Crippen LogP contribution in [-0.2, 0) is 17.8 Å². The Hall–Kier alpha value is -1.55. The molecule has 0 aliphatic carbocycles. The van der Waals surface area contributed by atoms with Gasteiger partial charge in [-0.25, -0.2) is 0 Å². The van der Waals surface area contributed by atoms with Crippen molar-refractivity contribution >= 4 is 6.47 Å². The fourth-order valence-electron chi connectivity index (χ4n) is 1.78. The van der Waals surface area contributed by atoms with E-state index in [0.717, 1.165) is 18.7 Å². The van der Waals surface area contributed by atoms with E-state index < -0.39 is 0 Å². The van der Waals surface area contributed by atoms with Crippen LogP contribution in [0.4, 0.5) is 0 Å². The molecule has 1 aromatic carbocycles. The Bertz CT molecular complexity index is 352. The molecule has 0 amide bonds. The summed E-state index contributed by atoms with van der Waals surface area (Å²) < 4.78 is 5.20. The second-order valence-corrected chi connectivity index (χ2v) is 3.73. The minimum absolute atomic E-state index is 0.250. The van der Waals surface area contributed by atoms with Crippen LogP contribution in [0.1, 0.15) is 18.1 Å². The number of carbonyl (C=O) groups is 1. The number of ether oxygens (including phenoxy) is 1. The van der Waals surface area contributed by atoms with Crippen LogP contribution in [0, 0.1) is 0 Å². The van der Waals surface area contributed by atoms with Gasteiger partial charge in [0.1, 0.15) is 5.75 Å². The van der Waals surface area contributed by atoms with Crippen LogP contribution in [0.3, 0.4) is 0 Å². The Morgan fingerprint density at radius 1 is 1.50 bits per heavy atom. The number of hydrogen-bond acceptors (Lipinski definition) is 3. The van der Waals surface area contributed by atoms with Crippen molar-refractivity contribution in [2.75, 3.05) is 7.11 Å². The lowest BCUT2D eigenvalue weighted by Crippen LogP contribution is -2.32. The summed E-state index contributed by atoms with van der Waals surface area (Å²) in [5.41, 5.74) is 2.82. The highest BCUT2D eigenvalue weighted by Crippen LogP contribution is 2.21. The van der Waals surface area contributed by atoms with Gasteiger partial charge in [0.15, 0.2) is 0 Å². The molecule has 88 valence electrons. The predicted molar refractivity (Wildman–Crippen MR) is 61.7 cm³/mol. The van der Waals surface area contributed by atoms with E-state index in [0.29, 0.717) is 6.04 Å². The van der Waals surface area contributed by atoms with Gasteiger partial charge in [-0.3, -0.25) is 4.79 Å². The van der Waals surface area contributed by atoms with Gasteiger partial charge in [0.25, 0.3) is 6.47 Å². The molecule has 0 bridgehead atoms. The molecular weight excluding hydrogens is 206 g/mol. The molecule has 0 spiro atoms. The molecule has 1 aliphatic heterocycles. The molecule has 2 rings (SSSR count). The highest BCUT2D eigenvalue weighted by molar-refractivity contribution is 5.37. The lowest BCUT2D eigenvalue weighted by atomic mass is 9.96. The number of fused-ring (bicyclic) bond motifs is 1. The second kappa shape index (κ2) is 6.12. The van der Waals surface area contributed by atoms with Crippen molar-refractivity contribution in [2.24, 2.45) is 0 Å². The highest BCUT2D eigenvalue weighted by Gasteiger charge is 2.14. The van der Waals surface area contributed by atoms with E-state index in [1.807, 2.05) is 6.07 Å². The van der Waals surface area contributed by atoms with E-state index >= 15 is 0 Å². The molecule has 0 saturated heterocycles. The highest BCUT2D eigenvalue weighted by atomic mass is 16.5. The van der Waals surface area contributed by atoms with Crippen molar-refractivity contribution in [2.45, 2.75) is 25.9 Å². The molecule has 2 N–H and O–H groups in total. The van der Waals surface area contributed by atoms with Gasteiger partial charge < -0.3 is 15.2 Å². The first kappa shape index (κ1) is 12.5. The average Bonchev–Trinajstić information content (AvgIpc) is 2.29. The number of nitrogens with one attached hydrogen (secondary N) is 1. The smallest absolute Gasteiger partial charge is 0.290 e. The standard InChI is InChI=1S/C11H15NO.CH2O2/c1-8-5-10-6-11(13-2)4-3-9(10)7-12-8;2-1-3/h3-4,6,8,12H,5,7H2,1-2H3;1H,(H,2,3). The lowest BCUT2D eigenvalue weighted by molar-refractivity contribution is -0.122. The quantitative estimate of drug-likeness (QED) is 0.707. The summed E-state index contributed by atoms with van der Waals surface area (Å²) in [6.07, 6.45) is 1.10. The number of methoxy groups -OCH3 is 1. The van der Waals surface area contributed by atoms with E-state index in [1.165, 1.54) is 11.1 Å². The van der Waals surface area contributed by atoms with Crippen molar-refractivity contribution in [3.05, 3.63) is 29.3 Å². The molecule has 0 saturated carbocycles. The molecule has 0 aromatic heterocycles. The van der Waals surface area contributed by atoms with Gasteiger partial charge in [-0.05, 0) is 36.6 Å². The molecular formula is C12H17NO3. The lowest BCUT2D eigenvalue weighted by Gasteiger charge is -2.23. The molecule has 1 atom stereocenters. The fourth-order valence-corrected chi connectivity index (χ4v) is 1.78. The Kier molecular flexibility index (Phi) is 4.79. The Morgan fingerprint density at radius 2 is 2.19 bits per heavy atom. The zero-order valence-electron chi connectivity index (χ0n) is 9.56. The van der Waals surface area contributed by atoms with Crippen molar-refractivity contribution < 1.29 is 14.6 Å². The van der Waals surface area contributed by atoms with E-state index in [-0.39, 0.29) is 6.47 Å². The summed E-state index contributed by atoms with van der Waals surface area (Å²) in [6.45, 7) is 2.95. The van der Waals surface area contributed by atoms with Crippen LogP contribution >= 0.6 is 0 Å². The molecule has 4 heteroatoms. The van der Waals surface area contributed by atoms with Crippen molar-refractivity contribution in [1.29, 1.82) is 0 Å². The maximum Gasteiger partial charge on any atom is 0.290 e. The third-order valence-electron chi connectivity index (χ3n) is 2.58. The van der Waals surface area contributed by atoms with Crippen LogP contribution in [0.2, 0.25) is 0 Å². The first-order valence-electron chi connectivity index (χ1n) is 5.18. The van der Waals surface area contributed by atoms with E-state index in [2.05, 4.69) is 24.4 Å². The normalized spacial score (nSPS) is 17.8. The molecule has 1 aliphatic rings. The van der Waals surface area contributed by atoms with Gasteiger partial charge in [-0.2, -0.15) is 0 Å². The third kappa shape index (κ3) is 3.24. The summed E-state index contributed by atoms with van der Waals surface area (Å²) in [5, 5.41) is 10.3. The monoisotopic (exact) mass is 223 g/mol. The molecule has 1 heterocycles. The SMILES string of the molecule is COc1ccc2c(c1)CC(C)NC2.O=CO. The summed E-state index contributed by atoms with van der Waals surface area (Å²) in [6, 6.07) is 6.90. The van der Waals surface area contributed by atoms with Crippen LogP contribution in [0.5, 0.6) is 5.75 Å². The Labute approximate surface area is 95.2 Å². The van der Waals surface area contributed by atoms with E-state index in [1.54, 1.807) is 7.11 Å². The van der Waals surface area contributed by atoms with Gasteiger partial charge in [0, 0.05) is 12.6 Å². The zero-order valence-corrected chi connectivity index (χ0v) is 9.56. The number of benzene rings is 1. The van der Waals surface area contributed by atoms with Crippen molar-refractivity contribution in [3.63, 3.8) is 0 Å². The van der Waals surface area contributed by atoms with Gasteiger partial charge in [-0.15, -0.1) is 0 Å². The average molecular weight is 223 g/mol. The molecule has 4 nitrogen and oxygen atoms in total. The topological polar surface area (TPSA) is 58.6 Å². The molecule has 0 radical (unpaired) electrons. The third-order valence-corrected chi connectivity index (χ3v) is 2.58. The number of rotatable bonds is 1. The van der Waals surface area contributed by atoms with Crippen LogP contribution < -0.4 is 10.1 Å². The number of carboxylic acid groups (broad SMARTS) is 1. The molecule has 1 aromatic rings. The largest absolute Gasteiger partial charge is 0.497 e. The van der Waals surface area contributed by atoms with E-state index in [9.17, 15) is 0 Å². The first-order chi connectivity index (χ1) is 7.71. The Balaban J connectivity index is 0.000000386. The van der Waals surface area contributed by atoms with Gasteiger partial charge >= 0.3 is 0 Å². The maximum absolute atomic E-state index is 8.36. The summed E-state index contributed by atoms with van der Waals surface area (Å²) in [5.74, 6) is 0.966. The van der Waals surface area contributed by atoms with Gasteiger partial charge in [-0.1, -0.05) is 6.07 Å². The zero-order chi connectivity index (χ0) is 12.0. The molecule has 0 fully saturated rings. The van der Waals surface area contributed by atoms with Gasteiger partial charge in [0.2, 0.25) is 0 Å². The van der Waals surface area contributed by atoms with Crippen LogP contribution in [-0.4, -0.2) is 24.7 Å². The first-order valence-corrected chi connectivity index (χ1v) is 5.18. The summed E-state index contributed by atoms with van der Waals surface area (Å²) in [4.78, 5) is 8.36. The summed E-state index contributed by atoms with van der Waals surface area (Å²) in [7, 11) is 1.71. The Morgan fingerprint density at radius 3 is 2.81 bits per heavy atom. The van der Waals surface area contributed by atoms with E-state index in [4.69, 9.17) is 14.6 Å². The number of hydrogen-bond donors (Lipinski definition) is 2. The second-order valence-electron chi connectivity index (χ2n) is 3.73. The molecule has 1 unspecified atom stereocenters. The maximum atomic E-state index is 8.36. The van der Waals surface area contributed by atoms with Crippen molar-refractivity contribution in [3.8, 4) is 5.75 Å². The predicted octanol–water partition coefficient (Wildman–Crippen LogP) is 1.43. The molecule has 16 heavy (non-hydrogen) atoms. The van der Waals surface area contributed by atoms with Crippen LogP contribution in [0.15, 0.2) is 18.2 Å². The van der Waals surface area contributed by atoms with Gasteiger partial charge in [0.05, 0.1) is 7.11 Å².